The Balaban J connectivity index is 2.17. The number of ether oxygens (including phenoxy) is 1. The highest BCUT2D eigenvalue weighted by Crippen LogP contribution is 2.26. The number of aliphatic carboxylic acids is 1. The molecular formula is C17H23NO4. The molecule has 1 aliphatic heterocycles. The van der Waals surface area contributed by atoms with Crippen molar-refractivity contribution in [1.82, 2.24) is 4.90 Å². The van der Waals surface area contributed by atoms with Gasteiger partial charge < -0.3 is 14.7 Å². The van der Waals surface area contributed by atoms with E-state index in [9.17, 15) is 14.7 Å². The number of carboxylic acid groups (broad SMARTS) is 1. The van der Waals surface area contributed by atoms with Crippen molar-refractivity contribution in [2.24, 2.45) is 11.8 Å². The molecule has 3 atom stereocenters. The van der Waals surface area contributed by atoms with Crippen molar-refractivity contribution < 1.29 is 19.4 Å². The number of nitrogens with zero attached hydrogens (tertiary/aromatic N) is 1. The Kier molecular flexibility index (Phi) is 5.55. The van der Waals surface area contributed by atoms with Crippen LogP contribution in [0.4, 0.5) is 0 Å². The first-order valence-corrected chi connectivity index (χ1v) is 7.71. The Hall–Kier alpha value is -1.88. The van der Waals surface area contributed by atoms with E-state index in [-0.39, 0.29) is 18.4 Å². The van der Waals surface area contributed by atoms with Crippen LogP contribution in [0.15, 0.2) is 30.3 Å². The van der Waals surface area contributed by atoms with Gasteiger partial charge in [-0.15, -0.1) is 0 Å². The van der Waals surface area contributed by atoms with Gasteiger partial charge in [-0.3, -0.25) is 9.59 Å². The molecule has 22 heavy (non-hydrogen) atoms. The highest BCUT2D eigenvalue weighted by Gasteiger charge is 2.35. The van der Waals surface area contributed by atoms with E-state index in [0.29, 0.717) is 19.6 Å². The van der Waals surface area contributed by atoms with Gasteiger partial charge in [0.15, 0.2) is 6.10 Å². The van der Waals surface area contributed by atoms with Crippen LogP contribution in [0, 0.1) is 11.8 Å². The average Bonchev–Trinajstić information content (AvgIpc) is 2.52. The third-order valence-corrected chi connectivity index (χ3v) is 3.98. The number of hydrogen-bond acceptors (Lipinski definition) is 3. The van der Waals surface area contributed by atoms with Gasteiger partial charge in [-0.25, -0.2) is 0 Å². The Labute approximate surface area is 130 Å². The third kappa shape index (κ3) is 3.85. The van der Waals surface area contributed by atoms with Crippen molar-refractivity contribution in [3.8, 4) is 0 Å². The van der Waals surface area contributed by atoms with Gasteiger partial charge in [-0.2, -0.15) is 0 Å². The van der Waals surface area contributed by atoms with Gasteiger partial charge in [0.05, 0.1) is 5.92 Å². The van der Waals surface area contributed by atoms with E-state index in [2.05, 4.69) is 0 Å². The number of carboxylic acids is 1. The van der Waals surface area contributed by atoms with Gasteiger partial charge in [0.1, 0.15) is 0 Å². The fourth-order valence-electron chi connectivity index (χ4n) is 2.98. The van der Waals surface area contributed by atoms with Crippen molar-refractivity contribution >= 4 is 11.9 Å². The molecule has 1 aromatic rings. The molecule has 0 spiro atoms. The highest BCUT2D eigenvalue weighted by atomic mass is 16.5. The zero-order valence-corrected chi connectivity index (χ0v) is 13.1. The SMILES string of the molecule is CCOC(C(=O)N1CC(C)CC(C(=O)O)C1)c1ccccc1. The molecule has 5 heteroatoms. The smallest absolute Gasteiger partial charge is 0.308 e. The van der Waals surface area contributed by atoms with Crippen molar-refractivity contribution in [2.75, 3.05) is 19.7 Å². The molecule has 0 bridgehead atoms. The fraction of sp³-hybridized carbons (Fsp3) is 0.529. The lowest BCUT2D eigenvalue weighted by Gasteiger charge is -2.36. The number of hydrogen-bond donors (Lipinski definition) is 1. The molecule has 1 aliphatic rings. The monoisotopic (exact) mass is 305 g/mol. The first-order chi connectivity index (χ1) is 10.5. The van der Waals surface area contributed by atoms with Crippen LogP contribution in [0.5, 0.6) is 0 Å². The topological polar surface area (TPSA) is 66.8 Å². The number of likely N-dealkylation sites (tertiary alicyclic amines) is 1. The molecule has 1 saturated heterocycles. The molecule has 0 aliphatic carbocycles. The molecule has 5 nitrogen and oxygen atoms in total. The number of carbonyl (C=O) groups excluding carboxylic acids is 1. The molecule has 1 amide bonds. The van der Waals surface area contributed by atoms with Crippen LogP contribution in [0.3, 0.4) is 0 Å². The predicted molar refractivity (Wildman–Crippen MR) is 82.3 cm³/mol. The molecule has 1 aromatic carbocycles. The minimum absolute atomic E-state index is 0.147. The molecule has 0 aromatic heterocycles. The molecule has 3 unspecified atom stereocenters. The zero-order valence-electron chi connectivity index (χ0n) is 13.1. The van der Waals surface area contributed by atoms with Gasteiger partial charge in [-0.1, -0.05) is 37.3 Å². The molecule has 0 saturated carbocycles. The average molecular weight is 305 g/mol. The fourth-order valence-corrected chi connectivity index (χ4v) is 2.98. The summed E-state index contributed by atoms with van der Waals surface area (Å²) in [6, 6.07) is 9.35. The molecular weight excluding hydrogens is 282 g/mol. The van der Waals surface area contributed by atoms with Crippen LogP contribution in [-0.2, 0) is 14.3 Å². The van der Waals surface area contributed by atoms with Crippen molar-refractivity contribution in [3.63, 3.8) is 0 Å². The Bertz CT molecular complexity index is 517. The molecule has 120 valence electrons. The maximum Gasteiger partial charge on any atom is 0.308 e. The minimum atomic E-state index is -0.836. The van der Waals surface area contributed by atoms with Crippen LogP contribution < -0.4 is 0 Å². The molecule has 0 radical (unpaired) electrons. The first-order valence-electron chi connectivity index (χ1n) is 7.71. The van der Waals surface area contributed by atoms with Crippen molar-refractivity contribution in [3.05, 3.63) is 35.9 Å². The Morgan fingerprint density at radius 3 is 2.59 bits per heavy atom. The van der Waals surface area contributed by atoms with Crippen LogP contribution in [0.25, 0.3) is 0 Å². The van der Waals surface area contributed by atoms with E-state index in [4.69, 9.17) is 4.74 Å². The quantitative estimate of drug-likeness (QED) is 0.906. The van der Waals surface area contributed by atoms with Crippen molar-refractivity contribution in [2.45, 2.75) is 26.4 Å². The highest BCUT2D eigenvalue weighted by molar-refractivity contribution is 5.83. The maximum absolute atomic E-state index is 12.8. The van der Waals surface area contributed by atoms with Gasteiger partial charge >= 0.3 is 5.97 Å². The van der Waals surface area contributed by atoms with Gasteiger partial charge in [0, 0.05) is 19.7 Å². The summed E-state index contributed by atoms with van der Waals surface area (Å²) < 4.78 is 5.64. The summed E-state index contributed by atoms with van der Waals surface area (Å²) in [5.41, 5.74) is 0.805. The summed E-state index contributed by atoms with van der Waals surface area (Å²) in [7, 11) is 0. The second-order valence-corrected chi connectivity index (χ2v) is 5.87. The molecule has 1 fully saturated rings. The summed E-state index contributed by atoms with van der Waals surface area (Å²) in [6.07, 6.45) is -0.0463. The lowest BCUT2D eigenvalue weighted by molar-refractivity contribution is -0.152. The van der Waals surface area contributed by atoms with Crippen LogP contribution in [0.2, 0.25) is 0 Å². The summed E-state index contributed by atoms with van der Waals surface area (Å²) in [4.78, 5) is 25.7. The summed E-state index contributed by atoms with van der Waals surface area (Å²) in [5.74, 6) is -1.30. The number of rotatable bonds is 5. The van der Waals surface area contributed by atoms with E-state index < -0.39 is 18.0 Å². The zero-order chi connectivity index (χ0) is 16.1. The summed E-state index contributed by atoms with van der Waals surface area (Å²) >= 11 is 0. The van der Waals surface area contributed by atoms with E-state index in [1.807, 2.05) is 44.2 Å². The summed E-state index contributed by atoms with van der Waals surface area (Å²) in [5, 5.41) is 9.25. The van der Waals surface area contributed by atoms with E-state index in [1.165, 1.54) is 0 Å². The van der Waals surface area contributed by atoms with E-state index in [1.54, 1.807) is 4.90 Å². The third-order valence-electron chi connectivity index (χ3n) is 3.98. The molecule has 1 heterocycles. The predicted octanol–water partition coefficient (Wildman–Crippen LogP) is 2.33. The number of piperidine rings is 1. The van der Waals surface area contributed by atoms with Gasteiger partial charge in [0.2, 0.25) is 0 Å². The second kappa shape index (κ2) is 7.40. The lowest BCUT2D eigenvalue weighted by atomic mass is 9.90. The van der Waals surface area contributed by atoms with Crippen LogP contribution in [-0.4, -0.2) is 41.6 Å². The normalized spacial score (nSPS) is 23.1. The van der Waals surface area contributed by atoms with Gasteiger partial charge in [0.25, 0.3) is 5.91 Å². The maximum atomic E-state index is 12.8. The van der Waals surface area contributed by atoms with Crippen LogP contribution >= 0.6 is 0 Å². The number of amides is 1. The standard InChI is InChI=1S/C17H23NO4/c1-3-22-15(13-7-5-4-6-8-13)16(19)18-10-12(2)9-14(11-18)17(20)21/h4-8,12,14-15H,3,9-11H2,1-2H3,(H,20,21). The second-order valence-electron chi connectivity index (χ2n) is 5.87. The largest absolute Gasteiger partial charge is 0.481 e. The van der Waals surface area contributed by atoms with Crippen LogP contribution in [0.1, 0.15) is 31.9 Å². The minimum Gasteiger partial charge on any atom is -0.481 e. The lowest BCUT2D eigenvalue weighted by Crippen LogP contribution is -2.47. The Morgan fingerprint density at radius 1 is 1.32 bits per heavy atom. The summed E-state index contributed by atoms with van der Waals surface area (Å²) in [6.45, 7) is 5.10. The van der Waals surface area contributed by atoms with Crippen molar-refractivity contribution in [1.29, 1.82) is 0 Å². The van der Waals surface area contributed by atoms with Gasteiger partial charge in [-0.05, 0) is 24.8 Å². The Morgan fingerprint density at radius 2 is 2.00 bits per heavy atom. The first kappa shape index (κ1) is 16.5. The number of carbonyl (C=O) groups is 2. The molecule has 1 N–H and O–H groups in total. The molecule has 2 rings (SSSR count). The van der Waals surface area contributed by atoms with E-state index in [0.717, 1.165) is 5.56 Å². The number of benzene rings is 1. The van der Waals surface area contributed by atoms with E-state index >= 15 is 0 Å².